The van der Waals surface area contributed by atoms with Crippen molar-refractivity contribution in [3.8, 4) is 11.5 Å². The number of Topliss-reactive ketones (excluding diaryl/α,β-unsaturated/α-hetero) is 1. The fraction of sp³-hybridized carbons (Fsp3) is 0.185. The molecule has 8 nitrogen and oxygen atoms in total. The van der Waals surface area contributed by atoms with E-state index in [-0.39, 0.29) is 25.4 Å². The number of amides is 2. The van der Waals surface area contributed by atoms with Gasteiger partial charge in [-0.2, -0.15) is 0 Å². The van der Waals surface area contributed by atoms with Crippen molar-refractivity contribution in [2.75, 3.05) is 13.7 Å². The van der Waals surface area contributed by atoms with Crippen LogP contribution in [-0.2, 0) is 27.4 Å². The summed E-state index contributed by atoms with van der Waals surface area (Å²) < 4.78 is 14.4. The molecule has 184 valence electrons. The number of hydrogen-bond acceptors (Lipinski definition) is 8. The summed E-state index contributed by atoms with van der Waals surface area (Å²) in [6.45, 7) is -0.174. The molecule has 0 spiro atoms. The first kappa shape index (κ1) is 25.0. The molecule has 0 aliphatic carbocycles. The average molecular weight is 506 g/mol. The normalized spacial score (nSPS) is 16.8. The predicted molar refractivity (Wildman–Crippen MR) is 133 cm³/mol. The molecule has 1 heterocycles. The highest BCUT2D eigenvalue weighted by atomic mass is 32.2. The van der Waals surface area contributed by atoms with E-state index in [9.17, 15) is 19.2 Å². The van der Waals surface area contributed by atoms with Crippen LogP contribution >= 0.6 is 11.8 Å². The van der Waals surface area contributed by atoms with Crippen molar-refractivity contribution in [3.63, 3.8) is 0 Å². The summed E-state index contributed by atoms with van der Waals surface area (Å²) in [5.41, 5.74) is 1.89. The van der Waals surface area contributed by atoms with Crippen molar-refractivity contribution in [3.05, 3.63) is 95.6 Å². The van der Waals surface area contributed by atoms with Gasteiger partial charge in [0.1, 0.15) is 18.1 Å². The Morgan fingerprint density at radius 1 is 0.861 bits per heavy atom. The Labute approximate surface area is 211 Å². The lowest BCUT2D eigenvalue weighted by Gasteiger charge is -2.22. The molecule has 1 aliphatic heterocycles. The van der Waals surface area contributed by atoms with Crippen molar-refractivity contribution in [1.29, 1.82) is 0 Å². The Morgan fingerprint density at radius 2 is 1.53 bits per heavy atom. The van der Waals surface area contributed by atoms with Crippen molar-refractivity contribution >= 4 is 34.7 Å². The smallest absolute Gasteiger partial charge is 0.333 e. The number of hydrogen-bond donors (Lipinski definition) is 1. The molecule has 1 saturated heterocycles. The van der Waals surface area contributed by atoms with Gasteiger partial charge < -0.3 is 14.2 Å². The molecular formula is C27H23NO7S. The van der Waals surface area contributed by atoms with E-state index in [2.05, 4.69) is 5.32 Å². The lowest BCUT2D eigenvalue weighted by atomic mass is 9.97. The summed E-state index contributed by atoms with van der Waals surface area (Å²) in [6.07, 6.45) is -0.0477. The van der Waals surface area contributed by atoms with E-state index >= 15 is 0 Å². The van der Waals surface area contributed by atoms with Crippen LogP contribution in [0.4, 0.5) is 4.79 Å². The van der Waals surface area contributed by atoms with E-state index in [1.165, 1.54) is 0 Å². The average Bonchev–Trinajstić information content (AvgIpc) is 3.20. The number of methoxy groups -OCH3 is 1. The quantitative estimate of drug-likeness (QED) is 0.251. The van der Waals surface area contributed by atoms with Crippen LogP contribution in [-0.4, -0.2) is 41.4 Å². The topological polar surface area (TPSA) is 108 Å². The first-order chi connectivity index (χ1) is 17.4. The number of thioether (sulfide) groups is 1. The Bertz CT molecular complexity index is 1260. The van der Waals surface area contributed by atoms with E-state index in [0.717, 1.165) is 5.56 Å². The van der Waals surface area contributed by atoms with Gasteiger partial charge >= 0.3 is 5.97 Å². The molecule has 3 aromatic rings. The standard InChI is InChI=1S/C27H23NO7S/c1-33-21-13-9-20(10-14-21)23(29)17-34-22-11-7-18(8-12-22)15-27(24(30)28-26(32)36-27)25(31)35-16-19-5-3-2-4-6-19/h2-14H,15-17H2,1H3,(H,28,30,32)/t27-/m0/s1. The lowest BCUT2D eigenvalue weighted by molar-refractivity contribution is -0.150. The minimum absolute atomic E-state index is 0.0154. The molecule has 0 bridgehead atoms. The highest BCUT2D eigenvalue weighted by molar-refractivity contribution is 8.16. The molecule has 2 amide bonds. The van der Waals surface area contributed by atoms with Gasteiger partial charge in [-0.05, 0) is 59.3 Å². The molecule has 0 saturated carbocycles. The maximum Gasteiger partial charge on any atom is 0.333 e. The highest BCUT2D eigenvalue weighted by Gasteiger charge is 2.55. The number of carbonyl (C=O) groups is 4. The van der Waals surface area contributed by atoms with Gasteiger partial charge in [0.05, 0.1) is 7.11 Å². The second-order valence-electron chi connectivity index (χ2n) is 7.99. The van der Waals surface area contributed by atoms with Gasteiger partial charge in [-0.15, -0.1) is 0 Å². The largest absolute Gasteiger partial charge is 0.497 e. The first-order valence-corrected chi connectivity index (χ1v) is 11.9. The summed E-state index contributed by atoms with van der Waals surface area (Å²) in [6, 6.07) is 22.4. The van der Waals surface area contributed by atoms with Gasteiger partial charge in [0.15, 0.2) is 12.4 Å². The summed E-state index contributed by atoms with van der Waals surface area (Å²) in [5.74, 6) is -0.591. The van der Waals surface area contributed by atoms with Crippen LogP contribution in [0.3, 0.4) is 0 Å². The molecule has 9 heteroatoms. The van der Waals surface area contributed by atoms with Gasteiger partial charge in [-0.3, -0.25) is 19.7 Å². The maximum atomic E-state index is 13.0. The van der Waals surface area contributed by atoms with E-state index < -0.39 is 21.9 Å². The number of imide groups is 1. The number of benzene rings is 3. The molecule has 3 aromatic carbocycles. The van der Waals surface area contributed by atoms with Crippen LogP contribution < -0.4 is 14.8 Å². The maximum absolute atomic E-state index is 13.0. The molecule has 4 rings (SSSR count). The number of carbonyl (C=O) groups excluding carboxylic acids is 4. The van der Waals surface area contributed by atoms with Crippen molar-refractivity contribution in [2.24, 2.45) is 0 Å². The minimum Gasteiger partial charge on any atom is -0.497 e. The Kier molecular flexibility index (Phi) is 7.70. The van der Waals surface area contributed by atoms with Gasteiger partial charge in [-0.25, -0.2) is 4.79 Å². The van der Waals surface area contributed by atoms with Crippen molar-refractivity contribution in [2.45, 2.75) is 17.8 Å². The van der Waals surface area contributed by atoms with Crippen LogP contribution in [0.5, 0.6) is 11.5 Å². The molecule has 0 aromatic heterocycles. The number of rotatable bonds is 10. The summed E-state index contributed by atoms with van der Waals surface area (Å²) in [7, 11) is 1.55. The second kappa shape index (κ2) is 11.1. The van der Waals surface area contributed by atoms with Gasteiger partial charge in [0, 0.05) is 12.0 Å². The fourth-order valence-corrected chi connectivity index (χ4v) is 4.57. The summed E-state index contributed by atoms with van der Waals surface area (Å²) in [4.78, 5) is 50.0. The van der Waals surface area contributed by atoms with E-state index in [1.54, 1.807) is 67.8 Å². The van der Waals surface area contributed by atoms with Crippen LogP contribution in [0.15, 0.2) is 78.9 Å². The van der Waals surface area contributed by atoms with Crippen molar-refractivity contribution in [1.82, 2.24) is 5.32 Å². The molecule has 0 radical (unpaired) electrons. The Hall–Kier alpha value is -4.11. The van der Waals surface area contributed by atoms with Gasteiger partial charge in [0.25, 0.3) is 11.1 Å². The molecule has 0 unspecified atom stereocenters. The monoisotopic (exact) mass is 505 g/mol. The Morgan fingerprint density at radius 3 is 2.14 bits per heavy atom. The van der Waals surface area contributed by atoms with Gasteiger partial charge in [0.2, 0.25) is 4.75 Å². The second-order valence-corrected chi connectivity index (χ2v) is 9.27. The third-order valence-electron chi connectivity index (χ3n) is 5.55. The zero-order valence-electron chi connectivity index (χ0n) is 19.4. The highest BCUT2D eigenvalue weighted by Crippen LogP contribution is 2.37. The minimum atomic E-state index is -1.72. The third-order valence-corrected chi connectivity index (χ3v) is 6.68. The molecule has 1 fully saturated rings. The van der Waals surface area contributed by atoms with Gasteiger partial charge in [-0.1, -0.05) is 42.5 Å². The molecular weight excluding hydrogens is 482 g/mol. The number of esters is 1. The van der Waals surface area contributed by atoms with E-state index in [0.29, 0.717) is 34.4 Å². The van der Waals surface area contributed by atoms with E-state index in [1.807, 2.05) is 18.2 Å². The SMILES string of the molecule is COc1ccc(C(=O)COc2ccc(C[C@]3(C(=O)OCc4ccccc4)SC(=O)NC3=O)cc2)cc1. The van der Waals surface area contributed by atoms with Crippen LogP contribution in [0, 0.1) is 0 Å². The zero-order valence-corrected chi connectivity index (χ0v) is 20.2. The first-order valence-electron chi connectivity index (χ1n) is 11.0. The molecule has 1 atom stereocenters. The molecule has 1 aliphatic rings. The zero-order chi connectivity index (χ0) is 25.5. The predicted octanol–water partition coefficient (Wildman–Crippen LogP) is 3.96. The lowest BCUT2D eigenvalue weighted by Crippen LogP contribution is -2.46. The van der Waals surface area contributed by atoms with E-state index in [4.69, 9.17) is 14.2 Å². The third kappa shape index (κ3) is 5.75. The van der Waals surface area contributed by atoms with Crippen molar-refractivity contribution < 1.29 is 33.4 Å². The molecule has 36 heavy (non-hydrogen) atoms. The van der Waals surface area contributed by atoms with Crippen LogP contribution in [0.1, 0.15) is 21.5 Å². The number of ketones is 1. The summed E-state index contributed by atoms with van der Waals surface area (Å²) >= 11 is 0.619. The molecule has 1 N–H and O–H groups in total. The van der Waals surface area contributed by atoms with Crippen LogP contribution in [0.25, 0.3) is 0 Å². The number of nitrogens with one attached hydrogen (secondary N) is 1. The fourth-order valence-electron chi connectivity index (χ4n) is 3.59. The number of ether oxygens (including phenoxy) is 3. The summed E-state index contributed by atoms with van der Waals surface area (Å²) in [5, 5.41) is 1.59. The van der Waals surface area contributed by atoms with Crippen LogP contribution in [0.2, 0.25) is 0 Å². The Balaban J connectivity index is 1.40.